The molecular formula is C21H26ClN3O2. The third-order valence-corrected chi connectivity index (χ3v) is 4.67. The minimum atomic E-state index is -0.0998. The first-order valence-electron chi connectivity index (χ1n) is 9.16. The summed E-state index contributed by atoms with van der Waals surface area (Å²) in [6.45, 7) is 2.37. The topological polar surface area (TPSA) is 70.2 Å². The van der Waals surface area contributed by atoms with E-state index in [9.17, 15) is 9.59 Å². The van der Waals surface area contributed by atoms with E-state index in [2.05, 4.69) is 16.0 Å². The van der Waals surface area contributed by atoms with Crippen LogP contribution in [-0.2, 0) is 11.2 Å². The molecule has 3 N–H and O–H groups in total. The van der Waals surface area contributed by atoms with Crippen molar-refractivity contribution >= 4 is 29.9 Å². The fourth-order valence-electron chi connectivity index (χ4n) is 3.10. The van der Waals surface area contributed by atoms with Gasteiger partial charge >= 0.3 is 0 Å². The summed E-state index contributed by atoms with van der Waals surface area (Å²) in [6.07, 6.45) is 2.54. The molecule has 2 amide bonds. The number of halogens is 1. The monoisotopic (exact) mass is 387 g/mol. The fraction of sp³-hybridized carbons (Fsp3) is 0.333. The second kappa shape index (κ2) is 10.7. The van der Waals surface area contributed by atoms with Crippen molar-refractivity contribution in [3.8, 4) is 0 Å². The molecule has 27 heavy (non-hydrogen) atoms. The summed E-state index contributed by atoms with van der Waals surface area (Å²) < 4.78 is 0. The number of piperidine rings is 1. The molecular weight excluding hydrogens is 362 g/mol. The van der Waals surface area contributed by atoms with E-state index in [1.54, 1.807) is 24.3 Å². The zero-order chi connectivity index (χ0) is 18.2. The summed E-state index contributed by atoms with van der Waals surface area (Å²) in [4.78, 5) is 24.5. The van der Waals surface area contributed by atoms with E-state index in [1.807, 2.05) is 30.3 Å². The second-order valence-electron chi connectivity index (χ2n) is 6.58. The first kappa shape index (κ1) is 20.9. The third-order valence-electron chi connectivity index (χ3n) is 4.67. The summed E-state index contributed by atoms with van der Waals surface area (Å²) in [5.41, 5.74) is 2.52. The number of nitrogens with one attached hydrogen (secondary N) is 3. The van der Waals surface area contributed by atoms with Gasteiger partial charge in [-0.1, -0.05) is 30.3 Å². The van der Waals surface area contributed by atoms with Gasteiger partial charge in [0.1, 0.15) is 0 Å². The normalized spacial score (nSPS) is 14.1. The van der Waals surface area contributed by atoms with Crippen LogP contribution in [-0.4, -0.2) is 31.4 Å². The Morgan fingerprint density at radius 1 is 0.963 bits per heavy atom. The van der Waals surface area contributed by atoms with Crippen LogP contribution in [0.5, 0.6) is 0 Å². The van der Waals surface area contributed by atoms with Crippen LogP contribution in [0.4, 0.5) is 5.69 Å². The molecule has 0 aliphatic carbocycles. The zero-order valence-electron chi connectivity index (χ0n) is 15.2. The highest BCUT2D eigenvalue weighted by molar-refractivity contribution is 5.96. The lowest BCUT2D eigenvalue weighted by molar-refractivity contribution is -0.120. The molecule has 0 spiro atoms. The Labute approximate surface area is 166 Å². The van der Waals surface area contributed by atoms with Gasteiger partial charge in [-0.15, -0.1) is 12.4 Å². The Balaban J connectivity index is 0.00000261. The molecule has 3 rings (SSSR count). The summed E-state index contributed by atoms with van der Waals surface area (Å²) in [5, 5.41) is 9.13. The number of hydrogen-bond acceptors (Lipinski definition) is 3. The van der Waals surface area contributed by atoms with E-state index in [0.717, 1.165) is 38.0 Å². The molecule has 6 heteroatoms. The van der Waals surface area contributed by atoms with Crippen LogP contribution in [0.15, 0.2) is 54.6 Å². The van der Waals surface area contributed by atoms with Gasteiger partial charge in [-0.05, 0) is 62.2 Å². The molecule has 5 nitrogen and oxygen atoms in total. The highest BCUT2D eigenvalue weighted by Gasteiger charge is 2.20. The average Bonchev–Trinajstić information content (AvgIpc) is 2.70. The van der Waals surface area contributed by atoms with Crippen LogP contribution in [0.25, 0.3) is 0 Å². The van der Waals surface area contributed by atoms with Crippen molar-refractivity contribution in [2.24, 2.45) is 5.92 Å². The molecule has 1 saturated heterocycles. The van der Waals surface area contributed by atoms with E-state index >= 15 is 0 Å². The second-order valence-corrected chi connectivity index (χ2v) is 6.58. The number of rotatable bonds is 6. The fourth-order valence-corrected chi connectivity index (χ4v) is 3.10. The van der Waals surface area contributed by atoms with Gasteiger partial charge in [0.25, 0.3) is 5.91 Å². The lowest BCUT2D eigenvalue weighted by atomic mass is 9.97. The Morgan fingerprint density at radius 2 is 1.63 bits per heavy atom. The molecule has 0 saturated carbocycles. The molecule has 0 aromatic heterocycles. The predicted octanol–water partition coefficient (Wildman–Crippen LogP) is 3.02. The number of benzene rings is 2. The molecule has 1 aliphatic rings. The summed E-state index contributed by atoms with van der Waals surface area (Å²) in [5.74, 6) is 0.0286. The van der Waals surface area contributed by atoms with E-state index in [4.69, 9.17) is 0 Å². The number of hydrogen-bond donors (Lipinski definition) is 3. The lowest BCUT2D eigenvalue weighted by Gasteiger charge is -2.21. The van der Waals surface area contributed by atoms with Crippen LogP contribution < -0.4 is 16.0 Å². The van der Waals surface area contributed by atoms with Gasteiger partial charge in [0.05, 0.1) is 0 Å². The smallest absolute Gasteiger partial charge is 0.251 e. The summed E-state index contributed by atoms with van der Waals surface area (Å²) in [7, 11) is 0. The van der Waals surface area contributed by atoms with E-state index < -0.39 is 0 Å². The molecule has 0 bridgehead atoms. The van der Waals surface area contributed by atoms with Gasteiger partial charge in [-0.25, -0.2) is 0 Å². The molecule has 1 heterocycles. The van der Waals surface area contributed by atoms with E-state index in [-0.39, 0.29) is 30.1 Å². The van der Waals surface area contributed by atoms with Gasteiger partial charge < -0.3 is 16.0 Å². The van der Waals surface area contributed by atoms with Crippen LogP contribution in [0.3, 0.4) is 0 Å². The minimum absolute atomic E-state index is 0. The van der Waals surface area contributed by atoms with Crippen molar-refractivity contribution in [1.82, 2.24) is 10.6 Å². The number of carbonyl (C=O) groups excluding carboxylic acids is 2. The molecule has 0 unspecified atom stereocenters. The predicted molar refractivity (Wildman–Crippen MR) is 110 cm³/mol. The SMILES string of the molecule is Cl.O=C(NCCc1ccccc1)c1ccc(NC(=O)C2CCNCC2)cc1. The molecule has 2 aromatic carbocycles. The standard InChI is InChI=1S/C21H25N3O2.ClH/c25-20(23-15-10-16-4-2-1-3-5-16)17-6-8-19(9-7-17)24-21(26)18-11-13-22-14-12-18;/h1-9,18,22H,10-15H2,(H,23,25)(H,24,26);1H. The van der Waals surface area contributed by atoms with Crippen molar-refractivity contribution in [2.45, 2.75) is 19.3 Å². The quantitative estimate of drug-likeness (QED) is 0.713. The Hall–Kier alpha value is -2.37. The number of anilines is 1. The molecule has 2 aromatic rings. The molecule has 0 radical (unpaired) electrons. The van der Waals surface area contributed by atoms with E-state index in [0.29, 0.717) is 12.1 Å². The zero-order valence-corrected chi connectivity index (χ0v) is 16.1. The van der Waals surface area contributed by atoms with Crippen LogP contribution in [0, 0.1) is 5.92 Å². The summed E-state index contributed by atoms with van der Waals surface area (Å²) in [6, 6.07) is 17.1. The van der Waals surface area contributed by atoms with Crippen molar-refractivity contribution in [1.29, 1.82) is 0 Å². The Kier molecular flexibility index (Phi) is 8.30. The minimum Gasteiger partial charge on any atom is -0.352 e. The average molecular weight is 388 g/mol. The van der Waals surface area contributed by atoms with Crippen molar-refractivity contribution in [3.05, 3.63) is 65.7 Å². The first-order valence-corrected chi connectivity index (χ1v) is 9.16. The van der Waals surface area contributed by atoms with Crippen molar-refractivity contribution in [2.75, 3.05) is 25.0 Å². The largest absolute Gasteiger partial charge is 0.352 e. The maximum Gasteiger partial charge on any atom is 0.251 e. The van der Waals surface area contributed by atoms with Gasteiger partial charge in [-0.2, -0.15) is 0 Å². The molecule has 1 aliphatic heterocycles. The Morgan fingerprint density at radius 3 is 2.30 bits per heavy atom. The highest BCUT2D eigenvalue weighted by atomic mass is 35.5. The van der Waals surface area contributed by atoms with Crippen molar-refractivity contribution < 1.29 is 9.59 Å². The van der Waals surface area contributed by atoms with E-state index in [1.165, 1.54) is 5.56 Å². The maximum absolute atomic E-state index is 12.2. The first-order chi connectivity index (χ1) is 12.7. The highest BCUT2D eigenvalue weighted by Crippen LogP contribution is 2.16. The van der Waals surface area contributed by atoms with Crippen molar-refractivity contribution in [3.63, 3.8) is 0 Å². The number of amides is 2. The number of carbonyl (C=O) groups is 2. The van der Waals surface area contributed by atoms with Gasteiger partial charge in [0.15, 0.2) is 0 Å². The van der Waals surface area contributed by atoms with Gasteiger partial charge in [0, 0.05) is 23.7 Å². The van der Waals surface area contributed by atoms with Gasteiger partial charge in [0.2, 0.25) is 5.91 Å². The molecule has 1 fully saturated rings. The molecule has 0 atom stereocenters. The lowest BCUT2D eigenvalue weighted by Crippen LogP contribution is -2.34. The molecule has 144 valence electrons. The maximum atomic E-state index is 12.2. The summed E-state index contributed by atoms with van der Waals surface area (Å²) >= 11 is 0. The van der Waals surface area contributed by atoms with Crippen LogP contribution in [0.2, 0.25) is 0 Å². The van der Waals surface area contributed by atoms with Gasteiger partial charge in [-0.3, -0.25) is 9.59 Å². The Bertz CT molecular complexity index is 729. The van der Waals surface area contributed by atoms with Crippen LogP contribution in [0.1, 0.15) is 28.8 Å². The third kappa shape index (κ3) is 6.38. The van der Waals surface area contributed by atoms with Crippen LogP contribution >= 0.6 is 12.4 Å².